The number of amides is 2. The lowest BCUT2D eigenvalue weighted by atomic mass is 9.94. The highest BCUT2D eigenvalue weighted by Gasteiger charge is 2.36. The van der Waals surface area contributed by atoms with E-state index in [4.69, 9.17) is 34.8 Å². The van der Waals surface area contributed by atoms with Crippen LogP contribution in [0, 0.1) is 6.92 Å². The second kappa shape index (κ2) is 16.2. The molecule has 11 heteroatoms. The number of benzene rings is 4. The Kier molecular flexibility index (Phi) is 12.1. The number of hydrogen-bond acceptors (Lipinski definition) is 4. The van der Waals surface area contributed by atoms with Crippen LogP contribution in [-0.2, 0) is 32.6 Å². The Labute approximate surface area is 297 Å². The first-order chi connectivity index (χ1) is 23.0. The number of halogens is 3. The fourth-order valence-corrected chi connectivity index (χ4v) is 8.11. The summed E-state index contributed by atoms with van der Waals surface area (Å²) < 4.78 is 29.6. The van der Waals surface area contributed by atoms with E-state index in [1.54, 1.807) is 61.5 Å². The minimum absolute atomic E-state index is 0.00174. The van der Waals surface area contributed by atoms with Gasteiger partial charge < -0.3 is 10.2 Å². The van der Waals surface area contributed by atoms with Crippen LogP contribution in [0.4, 0.5) is 5.69 Å². The molecule has 7 nitrogen and oxygen atoms in total. The predicted octanol–water partition coefficient (Wildman–Crippen LogP) is 8.24. The van der Waals surface area contributed by atoms with Crippen molar-refractivity contribution < 1.29 is 18.0 Å². The summed E-state index contributed by atoms with van der Waals surface area (Å²) in [5.74, 6) is -0.853. The molecule has 0 saturated heterocycles. The van der Waals surface area contributed by atoms with Gasteiger partial charge in [-0.2, -0.15) is 0 Å². The zero-order valence-electron chi connectivity index (χ0n) is 26.6. The molecule has 4 aromatic rings. The molecule has 1 aliphatic rings. The second-order valence-electron chi connectivity index (χ2n) is 12.1. The van der Waals surface area contributed by atoms with E-state index in [0.29, 0.717) is 31.9 Å². The molecule has 1 fully saturated rings. The van der Waals surface area contributed by atoms with Gasteiger partial charge in [0.15, 0.2) is 0 Å². The van der Waals surface area contributed by atoms with Crippen LogP contribution < -0.4 is 9.62 Å². The first-order valence-corrected chi connectivity index (χ1v) is 18.5. The minimum atomic E-state index is -4.23. The van der Waals surface area contributed by atoms with Crippen LogP contribution in [0.2, 0.25) is 15.1 Å². The zero-order chi connectivity index (χ0) is 34.3. The molecule has 0 bridgehead atoms. The molecule has 0 radical (unpaired) electrons. The molecule has 0 aliphatic heterocycles. The van der Waals surface area contributed by atoms with E-state index in [9.17, 15) is 18.0 Å². The summed E-state index contributed by atoms with van der Waals surface area (Å²) in [6, 6.07) is 26.3. The lowest BCUT2D eigenvalue weighted by Gasteiger charge is -2.35. The molecule has 252 valence electrons. The highest BCUT2D eigenvalue weighted by molar-refractivity contribution is 7.92. The monoisotopic (exact) mass is 725 g/mol. The largest absolute Gasteiger partial charge is 0.352 e. The van der Waals surface area contributed by atoms with Crippen molar-refractivity contribution in [3.8, 4) is 0 Å². The van der Waals surface area contributed by atoms with Crippen LogP contribution in [0.5, 0.6) is 0 Å². The molecule has 5 rings (SSSR count). The number of hydrogen-bond donors (Lipinski definition) is 1. The number of aryl methyl sites for hydroxylation is 1. The van der Waals surface area contributed by atoms with Gasteiger partial charge in [0.25, 0.3) is 10.0 Å². The Morgan fingerprint density at radius 3 is 2.12 bits per heavy atom. The van der Waals surface area contributed by atoms with Crippen molar-refractivity contribution in [1.29, 1.82) is 0 Å². The maximum Gasteiger partial charge on any atom is 0.264 e. The van der Waals surface area contributed by atoms with Gasteiger partial charge in [-0.15, -0.1) is 0 Å². The first-order valence-electron chi connectivity index (χ1n) is 15.9. The summed E-state index contributed by atoms with van der Waals surface area (Å²) in [5.41, 5.74) is 2.37. The molecule has 4 aromatic carbocycles. The van der Waals surface area contributed by atoms with Crippen molar-refractivity contribution in [1.82, 2.24) is 10.2 Å². The standard InChI is InChI=1S/C37H38Cl3N3O4S/c1-26-21-29(38)18-20-34(26)43(48(46,47)31-15-9-4-10-16-31)25-36(44)42(24-28-17-19-32(39)33(40)22-28)35(23-27-11-5-2-6-12-27)37(45)41-30-13-7-3-8-14-30/h2,4-6,9-12,15-22,30,35H,3,7-8,13-14,23-25H2,1H3,(H,41,45). The van der Waals surface area contributed by atoms with Crippen LogP contribution in [0.1, 0.15) is 48.8 Å². The van der Waals surface area contributed by atoms with Gasteiger partial charge in [0.2, 0.25) is 11.8 Å². The maximum atomic E-state index is 14.7. The minimum Gasteiger partial charge on any atom is -0.352 e. The van der Waals surface area contributed by atoms with Crippen LogP contribution in [-0.4, -0.2) is 43.8 Å². The van der Waals surface area contributed by atoms with Crippen molar-refractivity contribution in [3.05, 3.63) is 129 Å². The van der Waals surface area contributed by atoms with Gasteiger partial charge in [0.1, 0.15) is 12.6 Å². The van der Waals surface area contributed by atoms with Crippen LogP contribution in [0.15, 0.2) is 102 Å². The van der Waals surface area contributed by atoms with E-state index in [1.165, 1.54) is 17.0 Å². The Balaban J connectivity index is 1.59. The fourth-order valence-electron chi connectivity index (χ4n) is 6.06. The van der Waals surface area contributed by atoms with Gasteiger partial charge in [-0.3, -0.25) is 13.9 Å². The lowest BCUT2D eigenvalue weighted by Crippen LogP contribution is -2.55. The predicted molar refractivity (Wildman–Crippen MR) is 193 cm³/mol. The lowest BCUT2D eigenvalue weighted by molar-refractivity contribution is -0.140. The number of anilines is 1. The third-order valence-electron chi connectivity index (χ3n) is 8.60. The average Bonchev–Trinajstić information content (AvgIpc) is 3.08. The number of nitrogens with zero attached hydrogens (tertiary/aromatic N) is 2. The summed E-state index contributed by atoms with van der Waals surface area (Å²) in [4.78, 5) is 30.5. The van der Waals surface area contributed by atoms with Crippen LogP contribution in [0.25, 0.3) is 0 Å². The molecule has 2 amide bonds. The van der Waals surface area contributed by atoms with Gasteiger partial charge >= 0.3 is 0 Å². The van der Waals surface area contributed by atoms with Gasteiger partial charge in [-0.25, -0.2) is 8.42 Å². The molecular formula is C37H38Cl3N3O4S. The third-order valence-corrected chi connectivity index (χ3v) is 11.3. The number of sulfonamides is 1. The quantitative estimate of drug-likeness (QED) is 0.159. The molecule has 1 unspecified atom stereocenters. The van der Waals surface area contributed by atoms with Gasteiger partial charge in [-0.05, 0) is 78.9 Å². The summed E-state index contributed by atoms with van der Waals surface area (Å²) in [6.07, 6.45) is 5.11. The van der Waals surface area contributed by atoms with Crippen molar-refractivity contribution in [2.45, 2.75) is 69.0 Å². The maximum absolute atomic E-state index is 14.7. The Morgan fingerprint density at radius 2 is 1.48 bits per heavy atom. The van der Waals surface area contributed by atoms with Crippen molar-refractivity contribution >= 4 is 62.3 Å². The van der Waals surface area contributed by atoms with Gasteiger partial charge in [-0.1, -0.05) is 109 Å². The fraction of sp³-hybridized carbons (Fsp3) is 0.297. The number of carbonyl (C=O) groups is 2. The SMILES string of the molecule is Cc1cc(Cl)ccc1N(CC(=O)N(Cc1ccc(Cl)c(Cl)c1)C(Cc1ccccc1)C(=O)NC1CCCCC1)S(=O)(=O)c1ccccc1. The van der Waals surface area contributed by atoms with E-state index >= 15 is 0 Å². The summed E-state index contributed by atoms with van der Waals surface area (Å²) >= 11 is 18.9. The van der Waals surface area contributed by atoms with E-state index in [2.05, 4.69) is 5.32 Å². The molecule has 0 spiro atoms. The van der Waals surface area contributed by atoms with Crippen LogP contribution >= 0.6 is 34.8 Å². The Morgan fingerprint density at radius 1 is 0.812 bits per heavy atom. The highest BCUT2D eigenvalue weighted by Crippen LogP contribution is 2.30. The molecule has 1 atom stereocenters. The summed E-state index contributed by atoms with van der Waals surface area (Å²) in [5, 5.41) is 4.30. The second-order valence-corrected chi connectivity index (χ2v) is 15.2. The molecule has 0 aromatic heterocycles. The van der Waals surface area contributed by atoms with E-state index in [1.807, 2.05) is 30.3 Å². The molecule has 1 saturated carbocycles. The topological polar surface area (TPSA) is 86.8 Å². The molecule has 0 heterocycles. The first kappa shape index (κ1) is 35.7. The number of carbonyl (C=O) groups excluding carboxylic acids is 2. The van der Waals surface area contributed by atoms with E-state index in [-0.39, 0.29) is 29.8 Å². The number of nitrogens with one attached hydrogen (secondary N) is 1. The Bertz CT molecular complexity index is 1840. The molecular weight excluding hydrogens is 689 g/mol. The summed E-state index contributed by atoms with van der Waals surface area (Å²) in [6.45, 7) is 1.16. The number of rotatable bonds is 12. The molecule has 48 heavy (non-hydrogen) atoms. The normalized spacial score (nSPS) is 14.2. The smallest absolute Gasteiger partial charge is 0.264 e. The van der Waals surface area contributed by atoms with Crippen molar-refractivity contribution in [2.24, 2.45) is 0 Å². The average molecular weight is 727 g/mol. The molecule has 1 aliphatic carbocycles. The van der Waals surface area contributed by atoms with E-state index in [0.717, 1.165) is 42.0 Å². The Hall–Kier alpha value is -3.56. The van der Waals surface area contributed by atoms with Gasteiger partial charge in [0.05, 0.1) is 20.6 Å². The van der Waals surface area contributed by atoms with Crippen molar-refractivity contribution in [2.75, 3.05) is 10.8 Å². The van der Waals surface area contributed by atoms with Crippen molar-refractivity contribution in [3.63, 3.8) is 0 Å². The zero-order valence-corrected chi connectivity index (χ0v) is 29.7. The van der Waals surface area contributed by atoms with Gasteiger partial charge in [0, 0.05) is 24.0 Å². The third kappa shape index (κ3) is 8.91. The molecule has 1 N–H and O–H groups in total. The summed E-state index contributed by atoms with van der Waals surface area (Å²) in [7, 11) is -4.23. The van der Waals surface area contributed by atoms with Crippen LogP contribution in [0.3, 0.4) is 0 Å². The highest BCUT2D eigenvalue weighted by atomic mass is 35.5. The van der Waals surface area contributed by atoms with E-state index < -0.39 is 28.5 Å².